The van der Waals surface area contributed by atoms with Crippen LogP contribution in [0, 0.1) is 5.41 Å². The minimum absolute atomic E-state index is 0.0968. The number of amides is 1. The molecule has 2 fully saturated rings. The monoisotopic (exact) mass is 222 g/mol. The largest absolute Gasteiger partial charge is 0.339 e. The van der Waals surface area contributed by atoms with Crippen LogP contribution in [-0.4, -0.2) is 48.4 Å². The fraction of sp³-hybridized carbons (Fsp3) is 0.769. The Morgan fingerprint density at radius 3 is 2.50 bits per heavy atom. The zero-order valence-electron chi connectivity index (χ0n) is 10.2. The quantitative estimate of drug-likeness (QED) is 0.676. The van der Waals surface area contributed by atoms with E-state index < -0.39 is 0 Å². The van der Waals surface area contributed by atoms with Gasteiger partial charge in [0.2, 0.25) is 5.91 Å². The van der Waals surface area contributed by atoms with Gasteiger partial charge in [-0.25, -0.2) is 0 Å². The molecular formula is C13H22N2O. The number of carbonyl (C=O) groups excluding carboxylic acids is 1. The molecule has 0 aromatic rings. The summed E-state index contributed by atoms with van der Waals surface area (Å²) in [6.07, 6.45) is 5.03. The first-order valence-electron chi connectivity index (χ1n) is 6.33. The number of rotatable bonds is 3. The molecule has 2 heterocycles. The van der Waals surface area contributed by atoms with Crippen LogP contribution in [0.5, 0.6) is 0 Å². The van der Waals surface area contributed by atoms with E-state index in [4.69, 9.17) is 0 Å². The van der Waals surface area contributed by atoms with Gasteiger partial charge < -0.3 is 9.80 Å². The lowest BCUT2D eigenvalue weighted by Crippen LogP contribution is -2.60. The molecule has 2 aliphatic heterocycles. The smallest absolute Gasteiger partial charge is 0.245 e. The summed E-state index contributed by atoms with van der Waals surface area (Å²) in [5.74, 6) is 0.0968. The van der Waals surface area contributed by atoms with Crippen LogP contribution >= 0.6 is 0 Å². The van der Waals surface area contributed by atoms with Crippen molar-refractivity contribution in [2.45, 2.75) is 26.2 Å². The summed E-state index contributed by atoms with van der Waals surface area (Å²) >= 11 is 0. The number of likely N-dealkylation sites (tertiary alicyclic amines) is 2. The van der Waals surface area contributed by atoms with E-state index in [-0.39, 0.29) is 5.91 Å². The van der Waals surface area contributed by atoms with Gasteiger partial charge in [-0.2, -0.15) is 0 Å². The van der Waals surface area contributed by atoms with E-state index >= 15 is 0 Å². The SMILES string of the molecule is C=CC(=O)N1CCC2(CC1)CN(CCC)C2. The van der Waals surface area contributed by atoms with Gasteiger partial charge in [-0.15, -0.1) is 0 Å². The van der Waals surface area contributed by atoms with Gasteiger partial charge in [-0.3, -0.25) is 4.79 Å². The number of hydrogen-bond donors (Lipinski definition) is 0. The highest BCUT2D eigenvalue weighted by molar-refractivity contribution is 5.87. The highest BCUT2D eigenvalue weighted by Crippen LogP contribution is 2.40. The van der Waals surface area contributed by atoms with Crippen LogP contribution in [0.25, 0.3) is 0 Å². The molecule has 0 aromatic heterocycles. The van der Waals surface area contributed by atoms with Crippen molar-refractivity contribution < 1.29 is 4.79 Å². The lowest BCUT2D eigenvalue weighted by molar-refractivity contribution is -0.131. The fourth-order valence-electron chi connectivity index (χ4n) is 3.02. The zero-order chi connectivity index (χ0) is 11.6. The van der Waals surface area contributed by atoms with Crippen molar-refractivity contribution >= 4 is 5.91 Å². The Morgan fingerprint density at radius 2 is 2.00 bits per heavy atom. The standard InChI is InChI=1S/C13H22N2O/c1-3-7-14-10-13(11-14)5-8-15(9-6-13)12(16)4-2/h4H,2-3,5-11H2,1H3. The molecule has 3 heteroatoms. The van der Waals surface area contributed by atoms with Crippen LogP contribution < -0.4 is 0 Å². The predicted octanol–water partition coefficient (Wildman–Crippen LogP) is 1.51. The van der Waals surface area contributed by atoms with Crippen molar-refractivity contribution in [1.82, 2.24) is 9.80 Å². The molecule has 2 saturated heterocycles. The molecule has 2 aliphatic rings. The Kier molecular flexibility index (Phi) is 3.33. The maximum absolute atomic E-state index is 11.4. The van der Waals surface area contributed by atoms with Gasteiger partial charge in [-0.05, 0) is 37.3 Å². The number of carbonyl (C=O) groups is 1. The second-order valence-corrected chi connectivity index (χ2v) is 5.24. The predicted molar refractivity (Wildman–Crippen MR) is 65.2 cm³/mol. The highest BCUT2D eigenvalue weighted by Gasteiger charge is 2.44. The van der Waals surface area contributed by atoms with E-state index in [1.54, 1.807) is 0 Å². The lowest BCUT2D eigenvalue weighted by atomic mass is 9.72. The molecule has 0 aromatic carbocycles. The second kappa shape index (κ2) is 4.58. The Morgan fingerprint density at radius 1 is 1.38 bits per heavy atom. The van der Waals surface area contributed by atoms with Crippen molar-refractivity contribution in [3.63, 3.8) is 0 Å². The Labute approximate surface area is 98.1 Å². The number of nitrogens with zero attached hydrogens (tertiary/aromatic N) is 2. The van der Waals surface area contributed by atoms with E-state index in [2.05, 4.69) is 18.4 Å². The van der Waals surface area contributed by atoms with Gasteiger partial charge in [0.05, 0.1) is 0 Å². The molecule has 16 heavy (non-hydrogen) atoms. The molecule has 0 radical (unpaired) electrons. The average Bonchev–Trinajstić information content (AvgIpc) is 2.27. The van der Waals surface area contributed by atoms with Gasteiger partial charge in [0.25, 0.3) is 0 Å². The Hall–Kier alpha value is -0.830. The minimum atomic E-state index is 0.0968. The fourth-order valence-corrected chi connectivity index (χ4v) is 3.02. The van der Waals surface area contributed by atoms with E-state index in [9.17, 15) is 4.79 Å². The molecular weight excluding hydrogens is 200 g/mol. The summed E-state index contributed by atoms with van der Waals surface area (Å²) in [5.41, 5.74) is 0.535. The average molecular weight is 222 g/mol. The third-order valence-electron chi connectivity index (χ3n) is 3.97. The summed E-state index contributed by atoms with van der Waals surface area (Å²) in [6.45, 7) is 11.3. The van der Waals surface area contributed by atoms with Crippen molar-refractivity contribution in [3.05, 3.63) is 12.7 Å². The number of piperidine rings is 1. The molecule has 1 amide bonds. The molecule has 0 aliphatic carbocycles. The Balaban J connectivity index is 1.78. The van der Waals surface area contributed by atoms with Gasteiger partial charge >= 0.3 is 0 Å². The third kappa shape index (κ3) is 2.14. The normalized spacial score (nSPS) is 24.2. The van der Waals surface area contributed by atoms with E-state index in [0.717, 1.165) is 13.1 Å². The molecule has 2 rings (SSSR count). The molecule has 0 unspecified atom stereocenters. The molecule has 0 atom stereocenters. The lowest BCUT2D eigenvalue weighted by Gasteiger charge is -2.54. The molecule has 1 spiro atoms. The van der Waals surface area contributed by atoms with E-state index in [1.165, 1.54) is 45.0 Å². The van der Waals surface area contributed by atoms with Crippen LogP contribution in [0.3, 0.4) is 0 Å². The van der Waals surface area contributed by atoms with Crippen molar-refractivity contribution in [2.75, 3.05) is 32.7 Å². The van der Waals surface area contributed by atoms with Crippen LogP contribution in [0.4, 0.5) is 0 Å². The van der Waals surface area contributed by atoms with Crippen LogP contribution in [-0.2, 0) is 4.79 Å². The first kappa shape index (κ1) is 11.6. The molecule has 90 valence electrons. The van der Waals surface area contributed by atoms with Crippen LogP contribution in [0.2, 0.25) is 0 Å². The Bertz CT molecular complexity index is 272. The first-order valence-corrected chi connectivity index (χ1v) is 6.33. The summed E-state index contributed by atoms with van der Waals surface area (Å²) in [4.78, 5) is 15.9. The molecule has 0 saturated carbocycles. The zero-order valence-corrected chi connectivity index (χ0v) is 10.2. The first-order chi connectivity index (χ1) is 7.69. The van der Waals surface area contributed by atoms with Gasteiger partial charge in [0, 0.05) is 26.2 Å². The van der Waals surface area contributed by atoms with E-state index in [0.29, 0.717) is 5.41 Å². The van der Waals surface area contributed by atoms with Crippen molar-refractivity contribution in [3.8, 4) is 0 Å². The maximum Gasteiger partial charge on any atom is 0.245 e. The summed E-state index contributed by atoms with van der Waals surface area (Å²) < 4.78 is 0. The molecule has 0 bridgehead atoms. The van der Waals surface area contributed by atoms with Crippen LogP contribution in [0.15, 0.2) is 12.7 Å². The van der Waals surface area contributed by atoms with Crippen molar-refractivity contribution in [1.29, 1.82) is 0 Å². The molecule has 3 nitrogen and oxygen atoms in total. The molecule has 0 N–H and O–H groups in total. The van der Waals surface area contributed by atoms with Crippen molar-refractivity contribution in [2.24, 2.45) is 5.41 Å². The third-order valence-corrected chi connectivity index (χ3v) is 3.97. The minimum Gasteiger partial charge on any atom is -0.339 e. The second-order valence-electron chi connectivity index (χ2n) is 5.24. The summed E-state index contributed by atoms with van der Waals surface area (Å²) in [6, 6.07) is 0. The van der Waals surface area contributed by atoms with Gasteiger partial charge in [0.15, 0.2) is 0 Å². The summed E-state index contributed by atoms with van der Waals surface area (Å²) in [5, 5.41) is 0. The van der Waals surface area contributed by atoms with Crippen LogP contribution in [0.1, 0.15) is 26.2 Å². The highest BCUT2D eigenvalue weighted by atomic mass is 16.2. The van der Waals surface area contributed by atoms with Gasteiger partial charge in [0.1, 0.15) is 0 Å². The summed E-state index contributed by atoms with van der Waals surface area (Å²) in [7, 11) is 0. The van der Waals surface area contributed by atoms with E-state index in [1.807, 2.05) is 4.90 Å². The maximum atomic E-state index is 11.4. The topological polar surface area (TPSA) is 23.6 Å². The van der Waals surface area contributed by atoms with Gasteiger partial charge in [-0.1, -0.05) is 13.5 Å². The number of hydrogen-bond acceptors (Lipinski definition) is 2.